The number of piperazine rings is 1. The summed E-state index contributed by atoms with van der Waals surface area (Å²) >= 11 is 0. The summed E-state index contributed by atoms with van der Waals surface area (Å²) in [6.07, 6.45) is 8.35. The van der Waals surface area contributed by atoms with E-state index in [9.17, 15) is 4.79 Å². The number of nitrogens with zero attached hydrogens (tertiary/aromatic N) is 4. The molecule has 0 radical (unpaired) electrons. The fourth-order valence-corrected chi connectivity index (χ4v) is 5.48. The summed E-state index contributed by atoms with van der Waals surface area (Å²) in [6.45, 7) is 9.28. The summed E-state index contributed by atoms with van der Waals surface area (Å²) in [5, 5.41) is 0. The van der Waals surface area contributed by atoms with Gasteiger partial charge in [0, 0.05) is 56.7 Å². The summed E-state index contributed by atoms with van der Waals surface area (Å²) in [5.74, 6) is 1.56. The van der Waals surface area contributed by atoms with E-state index in [1.54, 1.807) is 4.57 Å². The van der Waals surface area contributed by atoms with Crippen molar-refractivity contribution in [2.45, 2.75) is 57.7 Å². The number of ether oxygens (including phenoxy) is 1. The van der Waals surface area contributed by atoms with Gasteiger partial charge in [-0.25, -0.2) is 4.79 Å². The van der Waals surface area contributed by atoms with Crippen molar-refractivity contribution in [3.63, 3.8) is 0 Å². The molecular weight excluding hydrogens is 424 g/mol. The normalized spacial score (nSPS) is 22.2. The number of hydrogen-bond donors (Lipinski definition) is 0. The van der Waals surface area contributed by atoms with Crippen molar-refractivity contribution in [3.8, 4) is 17.2 Å². The Morgan fingerprint density at radius 2 is 1.38 bits per heavy atom. The van der Waals surface area contributed by atoms with Gasteiger partial charge in [0.25, 0.3) is 0 Å². The quantitative estimate of drug-likeness (QED) is 0.523. The molecule has 1 aliphatic heterocycles. The van der Waals surface area contributed by atoms with Crippen molar-refractivity contribution in [3.05, 3.63) is 77.5 Å². The van der Waals surface area contributed by atoms with E-state index < -0.39 is 0 Å². The van der Waals surface area contributed by atoms with Crippen molar-refractivity contribution in [1.29, 1.82) is 0 Å². The maximum atomic E-state index is 13.2. The van der Waals surface area contributed by atoms with Crippen molar-refractivity contribution in [1.82, 2.24) is 18.9 Å². The number of rotatable bonds is 6. The Labute approximate surface area is 202 Å². The molecule has 1 aliphatic carbocycles. The topological polar surface area (TPSA) is 42.6 Å². The van der Waals surface area contributed by atoms with E-state index in [0.29, 0.717) is 18.1 Å². The average molecular weight is 461 g/mol. The van der Waals surface area contributed by atoms with Gasteiger partial charge in [-0.05, 0) is 75.9 Å². The highest BCUT2D eigenvalue weighted by molar-refractivity contribution is 5.39. The number of benzene rings is 2. The molecule has 5 rings (SSSR count). The zero-order valence-corrected chi connectivity index (χ0v) is 20.3. The Morgan fingerprint density at radius 3 is 2.03 bits per heavy atom. The van der Waals surface area contributed by atoms with Gasteiger partial charge in [-0.15, -0.1) is 0 Å². The molecule has 6 heteroatoms. The van der Waals surface area contributed by atoms with Crippen molar-refractivity contribution in [2.75, 3.05) is 26.2 Å². The van der Waals surface area contributed by atoms with Crippen LogP contribution in [0.25, 0.3) is 5.69 Å². The third kappa shape index (κ3) is 4.98. The SMILES string of the molecule is CC(C)N1CCN(C2CCC(n3ccn(-c4ccc(Oc5ccccc5)cc4)c3=O)CC2)CC1. The Kier molecular flexibility index (Phi) is 6.88. The third-order valence-corrected chi connectivity index (χ3v) is 7.55. The largest absolute Gasteiger partial charge is 0.457 e. The second kappa shape index (κ2) is 10.2. The summed E-state index contributed by atoms with van der Waals surface area (Å²) in [4.78, 5) is 18.5. The lowest BCUT2D eigenvalue weighted by Gasteiger charge is -2.43. The molecule has 2 aliphatic rings. The van der Waals surface area contributed by atoms with Gasteiger partial charge in [-0.3, -0.25) is 18.9 Å². The third-order valence-electron chi connectivity index (χ3n) is 7.55. The number of hydrogen-bond acceptors (Lipinski definition) is 4. The first kappa shape index (κ1) is 22.9. The predicted octanol–water partition coefficient (Wildman–Crippen LogP) is 4.94. The van der Waals surface area contributed by atoms with Crippen LogP contribution in [-0.2, 0) is 0 Å². The van der Waals surface area contributed by atoms with Gasteiger partial charge in [-0.1, -0.05) is 18.2 Å². The zero-order valence-electron chi connectivity index (χ0n) is 20.3. The lowest BCUT2D eigenvalue weighted by molar-refractivity contribution is 0.0581. The van der Waals surface area contributed by atoms with Crippen LogP contribution in [0.3, 0.4) is 0 Å². The Hall–Kier alpha value is -2.83. The maximum Gasteiger partial charge on any atom is 0.332 e. The smallest absolute Gasteiger partial charge is 0.332 e. The lowest BCUT2D eigenvalue weighted by atomic mass is 9.89. The molecule has 3 aromatic rings. The van der Waals surface area contributed by atoms with Gasteiger partial charge in [0.1, 0.15) is 11.5 Å². The summed E-state index contributed by atoms with van der Waals surface area (Å²) in [6, 6.07) is 19.0. The molecule has 0 unspecified atom stereocenters. The molecule has 2 fully saturated rings. The first-order valence-corrected chi connectivity index (χ1v) is 12.7. The summed E-state index contributed by atoms with van der Waals surface area (Å²) in [7, 11) is 0. The van der Waals surface area contributed by atoms with Gasteiger partial charge in [-0.2, -0.15) is 0 Å². The first-order chi connectivity index (χ1) is 16.6. The van der Waals surface area contributed by atoms with E-state index in [2.05, 4.69) is 23.6 Å². The van der Waals surface area contributed by atoms with E-state index >= 15 is 0 Å². The Balaban J connectivity index is 1.19. The fourth-order valence-electron chi connectivity index (χ4n) is 5.48. The highest BCUT2D eigenvalue weighted by Gasteiger charge is 2.30. The van der Waals surface area contributed by atoms with Crippen LogP contribution in [0.5, 0.6) is 11.5 Å². The zero-order chi connectivity index (χ0) is 23.5. The average Bonchev–Trinajstić information content (AvgIpc) is 3.26. The number of para-hydroxylation sites is 1. The first-order valence-electron chi connectivity index (χ1n) is 12.7. The molecule has 0 bridgehead atoms. The van der Waals surface area contributed by atoms with Crippen molar-refractivity contribution >= 4 is 0 Å². The Bertz CT molecular complexity index is 1100. The number of imidazole rings is 1. The molecule has 6 nitrogen and oxygen atoms in total. The van der Waals surface area contributed by atoms with Gasteiger partial charge >= 0.3 is 5.69 Å². The van der Waals surface area contributed by atoms with Crippen LogP contribution < -0.4 is 10.4 Å². The molecule has 0 atom stereocenters. The minimum atomic E-state index is 0.0470. The van der Waals surface area contributed by atoms with Crippen LogP contribution in [0.2, 0.25) is 0 Å². The Morgan fingerprint density at radius 1 is 0.765 bits per heavy atom. The molecule has 34 heavy (non-hydrogen) atoms. The monoisotopic (exact) mass is 460 g/mol. The highest BCUT2D eigenvalue weighted by Crippen LogP contribution is 2.31. The molecule has 1 aromatic heterocycles. The summed E-state index contributed by atoms with van der Waals surface area (Å²) < 4.78 is 9.56. The van der Waals surface area contributed by atoms with E-state index in [1.165, 1.54) is 39.0 Å². The molecule has 1 saturated carbocycles. The minimum absolute atomic E-state index is 0.0470. The van der Waals surface area contributed by atoms with E-state index in [4.69, 9.17) is 4.74 Å². The molecule has 0 N–H and O–H groups in total. The van der Waals surface area contributed by atoms with E-state index in [-0.39, 0.29) is 5.69 Å². The second-order valence-electron chi connectivity index (χ2n) is 9.90. The van der Waals surface area contributed by atoms with E-state index in [0.717, 1.165) is 30.0 Å². The second-order valence-corrected chi connectivity index (χ2v) is 9.90. The molecule has 0 amide bonds. The van der Waals surface area contributed by atoms with E-state index in [1.807, 2.05) is 71.6 Å². The molecule has 1 saturated heterocycles. The van der Waals surface area contributed by atoms with Crippen LogP contribution in [-0.4, -0.2) is 57.2 Å². The standard InChI is InChI=1S/C28H36N4O2/c1-22(2)29-16-18-30(19-17-29)23-8-10-24(11-9-23)31-20-21-32(28(31)33)25-12-14-27(15-13-25)34-26-6-4-3-5-7-26/h3-7,12-15,20-24H,8-11,16-19H2,1-2H3. The molecule has 0 spiro atoms. The molecule has 2 heterocycles. The summed E-state index contributed by atoms with van der Waals surface area (Å²) in [5.41, 5.74) is 0.909. The van der Waals surface area contributed by atoms with Crippen LogP contribution in [0.15, 0.2) is 71.8 Å². The van der Waals surface area contributed by atoms with Gasteiger partial charge in [0.15, 0.2) is 0 Å². The van der Waals surface area contributed by atoms with Crippen LogP contribution in [0, 0.1) is 0 Å². The van der Waals surface area contributed by atoms with Crippen LogP contribution in [0.1, 0.15) is 45.6 Å². The fraction of sp³-hybridized carbons (Fsp3) is 0.464. The van der Waals surface area contributed by atoms with Gasteiger partial charge in [0.2, 0.25) is 0 Å². The highest BCUT2D eigenvalue weighted by atomic mass is 16.5. The van der Waals surface area contributed by atoms with Crippen LogP contribution >= 0.6 is 0 Å². The molecule has 180 valence electrons. The molecular formula is C28H36N4O2. The number of aromatic nitrogens is 2. The molecule has 2 aromatic carbocycles. The van der Waals surface area contributed by atoms with Crippen LogP contribution in [0.4, 0.5) is 0 Å². The minimum Gasteiger partial charge on any atom is -0.457 e. The lowest BCUT2D eigenvalue weighted by Crippen LogP contribution is -2.52. The van der Waals surface area contributed by atoms with Crippen molar-refractivity contribution < 1.29 is 4.74 Å². The maximum absolute atomic E-state index is 13.2. The van der Waals surface area contributed by atoms with Gasteiger partial charge in [0.05, 0.1) is 5.69 Å². The van der Waals surface area contributed by atoms with Crippen molar-refractivity contribution in [2.24, 2.45) is 0 Å². The predicted molar refractivity (Wildman–Crippen MR) is 136 cm³/mol. The van der Waals surface area contributed by atoms with Gasteiger partial charge < -0.3 is 4.74 Å².